The molecule has 35 heavy (non-hydrogen) atoms. The molecule has 186 valence electrons. The molecule has 1 atom stereocenters. The first-order chi connectivity index (χ1) is 16.9. The average molecular weight is 496 g/mol. The lowest BCUT2D eigenvalue weighted by Crippen LogP contribution is -2.65. The number of thiophene rings is 1. The maximum atomic E-state index is 14.2. The van der Waals surface area contributed by atoms with Crippen LogP contribution in [-0.4, -0.2) is 42.2 Å². The van der Waals surface area contributed by atoms with Crippen molar-refractivity contribution in [3.05, 3.63) is 40.9 Å². The number of aromatic nitrogens is 1. The lowest BCUT2D eigenvalue weighted by molar-refractivity contribution is -0.127. The molecule has 2 aromatic heterocycles. The molecule has 1 aliphatic heterocycles. The Labute approximate surface area is 210 Å². The van der Waals surface area contributed by atoms with Crippen molar-refractivity contribution in [1.29, 1.82) is 0 Å². The minimum absolute atomic E-state index is 0.135. The molecule has 0 saturated heterocycles. The Morgan fingerprint density at radius 1 is 1.14 bits per heavy atom. The van der Waals surface area contributed by atoms with Crippen LogP contribution in [0.2, 0.25) is 0 Å². The van der Waals surface area contributed by atoms with E-state index in [9.17, 15) is 9.59 Å². The topological polar surface area (TPSA) is 72.8 Å². The molecule has 1 N–H and O–H groups in total. The third-order valence-corrected chi connectivity index (χ3v) is 8.64. The highest BCUT2D eigenvalue weighted by Crippen LogP contribution is 2.42. The summed E-state index contributed by atoms with van der Waals surface area (Å²) in [5, 5.41) is 3.29. The zero-order valence-electron chi connectivity index (χ0n) is 20.8. The summed E-state index contributed by atoms with van der Waals surface area (Å²) in [5.41, 5.74) is 0.982. The van der Waals surface area contributed by atoms with E-state index >= 15 is 0 Å². The standard InChI is InChI=1S/C27H33N3O4S/c1-5-19-14-21-24(35-19)15-22-25(31)30(20-13-18(33-3)11-12-23(20)34-4)27(2,16-29(21)22)26(32)28-17-9-7-6-8-10-17/h11-15,17H,5-10,16H2,1-4H3,(H,28,32)/t27-/m0/s1. The molecule has 0 radical (unpaired) electrons. The molecule has 0 unspecified atom stereocenters. The van der Waals surface area contributed by atoms with Gasteiger partial charge in [-0.3, -0.25) is 14.5 Å². The van der Waals surface area contributed by atoms with Crippen LogP contribution in [0.3, 0.4) is 0 Å². The number of ether oxygens (including phenoxy) is 2. The fraction of sp³-hybridized carbons (Fsp3) is 0.481. The molecule has 1 fully saturated rings. The summed E-state index contributed by atoms with van der Waals surface area (Å²) in [6, 6.07) is 9.59. The van der Waals surface area contributed by atoms with Crippen molar-refractivity contribution in [3.63, 3.8) is 0 Å². The van der Waals surface area contributed by atoms with E-state index in [1.54, 1.807) is 48.7 Å². The number of hydrogen-bond donors (Lipinski definition) is 1. The van der Waals surface area contributed by atoms with Crippen LogP contribution in [0.25, 0.3) is 10.2 Å². The summed E-state index contributed by atoms with van der Waals surface area (Å²) in [5.74, 6) is 0.760. The number of aryl methyl sites for hydroxylation is 1. The Bertz CT molecular complexity index is 1270. The third kappa shape index (κ3) is 3.97. The third-order valence-electron chi connectivity index (χ3n) is 7.43. The highest BCUT2D eigenvalue weighted by Gasteiger charge is 2.50. The van der Waals surface area contributed by atoms with Gasteiger partial charge in [0.15, 0.2) is 0 Å². The molecule has 5 rings (SSSR count). The molecule has 1 aromatic carbocycles. The second kappa shape index (κ2) is 9.22. The fourth-order valence-electron chi connectivity index (χ4n) is 5.44. The minimum Gasteiger partial charge on any atom is -0.497 e. The minimum atomic E-state index is -1.15. The molecule has 3 aromatic rings. The number of carbonyl (C=O) groups excluding carboxylic acids is 2. The normalized spacial score (nSPS) is 20.7. The van der Waals surface area contributed by atoms with Gasteiger partial charge in [-0.25, -0.2) is 0 Å². The van der Waals surface area contributed by atoms with E-state index in [1.165, 1.54) is 11.3 Å². The van der Waals surface area contributed by atoms with Gasteiger partial charge in [-0.15, -0.1) is 11.3 Å². The van der Waals surface area contributed by atoms with Crippen molar-refractivity contribution in [1.82, 2.24) is 9.88 Å². The predicted octanol–water partition coefficient (Wildman–Crippen LogP) is 5.15. The summed E-state index contributed by atoms with van der Waals surface area (Å²) in [4.78, 5) is 31.0. The fourth-order valence-corrected chi connectivity index (χ4v) is 6.48. The van der Waals surface area contributed by atoms with Gasteiger partial charge in [-0.05, 0) is 50.5 Å². The zero-order chi connectivity index (χ0) is 24.7. The van der Waals surface area contributed by atoms with Crippen LogP contribution in [0.15, 0.2) is 30.3 Å². The van der Waals surface area contributed by atoms with Crippen molar-refractivity contribution in [3.8, 4) is 11.5 Å². The highest BCUT2D eigenvalue weighted by molar-refractivity contribution is 7.19. The van der Waals surface area contributed by atoms with E-state index in [2.05, 4.69) is 18.3 Å². The molecule has 7 nitrogen and oxygen atoms in total. The van der Waals surface area contributed by atoms with Crippen molar-refractivity contribution < 1.29 is 19.1 Å². The summed E-state index contributed by atoms with van der Waals surface area (Å²) in [6.07, 6.45) is 6.33. The van der Waals surface area contributed by atoms with Gasteiger partial charge in [-0.2, -0.15) is 0 Å². The van der Waals surface area contributed by atoms with Crippen LogP contribution in [0.1, 0.15) is 61.3 Å². The van der Waals surface area contributed by atoms with Crippen LogP contribution in [-0.2, 0) is 17.8 Å². The van der Waals surface area contributed by atoms with Crippen LogP contribution < -0.4 is 19.7 Å². The summed E-state index contributed by atoms with van der Waals surface area (Å²) in [7, 11) is 3.16. The highest BCUT2D eigenvalue weighted by atomic mass is 32.1. The number of rotatable bonds is 6. The smallest absolute Gasteiger partial charge is 0.276 e. The zero-order valence-corrected chi connectivity index (χ0v) is 21.7. The van der Waals surface area contributed by atoms with Gasteiger partial charge in [0.25, 0.3) is 5.91 Å². The molecule has 2 amide bonds. The molecular formula is C27H33N3O4S. The van der Waals surface area contributed by atoms with Gasteiger partial charge in [0.2, 0.25) is 5.91 Å². The van der Waals surface area contributed by atoms with Gasteiger partial charge in [0, 0.05) is 17.0 Å². The van der Waals surface area contributed by atoms with Gasteiger partial charge in [-0.1, -0.05) is 26.2 Å². The summed E-state index contributed by atoms with van der Waals surface area (Å²) < 4.78 is 14.2. The number of nitrogens with one attached hydrogen (secondary N) is 1. The molecule has 3 heterocycles. The van der Waals surface area contributed by atoms with Crippen LogP contribution in [0.5, 0.6) is 11.5 Å². The Kier molecular flexibility index (Phi) is 6.25. The van der Waals surface area contributed by atoms with Crippen LogP contribution >= 0.6 is 11.3 Å². The van der Waals surface area contributed by atoms with Gasteiger partial charge in [0.1, 0.15) is 22.7 Å². The van der Waals surface area contributed by atoms with E-state index in [-0.39, 0.29) is 17.9 Å². The van der Waals surface area contributed by atoms with Crippen LogP contribution in [0.4, 0.5) is 5.69 Å². The lowest BCUT2D eigenvalue weighted by atomic mass is 9.90. The van der Waals surface area contributed by atoms with E-state index < -0.39 is 5.54 Å². The second-order valence-corrected chi connectivity index (χ2v) is 10.9. The first kappa shape index (κ1) is 23.7. The van der Waals surface area contributed by atoms with Crippen molar-refractivity contribution in [2.45, 2.75) is 70.5 Å². The number of amides is 2. The Balaban J connectivity index is 1.65. The van der Waals surface area contributed by atoms with E-state index in [0.29, 0.717) is 29.4 Å². The van der Waals surface area contributed by atoms with Gasteiger partial charge in [0.05, 0.1) is 36.7 Å². The Morgan fingerprint density at radius 3 is 2.60 bits per heavy atom. The predicted molar refractivity (Wildman–Crippen MR) is 139 cm³/mol. The monoisotopic (exact) mass is 495 g/mol. The first-order valence-electron chi connectivity index (χ1n) is 12.4. The van der Waals surface area contributed by atoms with Crippen LogP contribution in [0, 0.1) is 0 Å². The van der Waals surface area contributed by atoms with Crippen molar-refractivity contribution >= 4 is 39.1 Å². The molecule has 8 heteroatoms. The number of fused-ring (bicyclic) bond motifs is 3. The van der Waals surface area contributed by atoms with E-state index in [4.69, 9.17) is 9.47 Å². The quantitative estimate of drug-likeness (QED) is 0.513. The average Bonchev–Trinajstić information content (AvgIpc) is 3.43. The molecule has 2 aliphatic rings. The number of nitrogens with zero attached hydrogens (tertiary/aromatic N) is 2. The summed E-state index contributed by atoms with van der Waals surface area (Å²) in [6.45, 7) is 4.35. The SMILES string of the molecule is CCc1cc2c(cc3n2C[C@@](C)(C(=O)NC2CCCCC2)N(c2cc(OC)ccc2OC)C3=O)s1. The van der Waals surface area contributed by atoms with Crippen molar-refractivity contribution in [2.75, 3.05) is 19.1 Å². The maximum absolute atomic E-state index is 14.2. The molecule has 1 saturated carbocycles. The summed E-state index contributed by atoms with van der Waals surface area (Å²) >= 11 is 1.70. The number of carbonyl (C=O) groups is 2. The lowest BCUT2D eigenvalue weighted by Gasteiger charge is -2.45. The number of benzene rings is 1. The maximum Gasteiger partial charge on any atom is 0.276 e. The van der Waals surface area contributed by atoms with Gasteiger partial charge >= 0.3 is 0 Å². The van der Waals surface area contributed by atoms with Crippen molar-refractivity contribution in [2.24, 2.45) is 0 Å². The Morgan fingerprint density at radius 2 is 1.91 bits per heavy atom. The number of methoxy groups -OCH3 is 2. The van der Waals surface area contributed by atoms with Gasteiger partial charge < -0.3 is 19.4 Å². The largest absolute Gasteiger partial charge is 0.497 e. The molecular weight excluding hydrogens is 462 g/mol. The van der Waals surface area contributed by atoms with E-state index in [1.807, 2.05) is 17.6 Å². The Hall–Kier alpha value is -3.00. The molecule has 0 bridgehead atoms. The molecule has 1 aliphatic carbocycles. The molecule has 0 spiro atoms. The number of anilines is 1. The van der Waals surface area contributed by atoms with E-state index in [0.717, 1.165) is 42.3 Å². The number of hydrogen-bond acceptors (Lipinski definition) is 5. The second-order valence-electron chi connectivity index (χ2n) is 9.69. The first-order valence-corrected chi connectivity index (χ1v) is 13.2.